The summed E-state index contributed by atoms with van der Waals surface area (Å²) in [7, 11) is 2.99. The zero-order valence-corrected chi connectivity index (χ0v) is 18.4. The third kappa shape index (κ3) is 4.80. The molecule has 0 atom stereocenters. The summed E-state index contributed by atoms with van der Waals surface area (Å²) in [6, 6.07) is 26.0. The first-order valence-electron chi connectivity index (χ1n) is 10.5. The lowest BCUT2D eigenvalue weighted by atomic mass is 10.0. The summed E-state index contributed by atoms with van der Waals surface area (Å²) in [5.41, 5.74) is 2.26. The highest BCUT2D eigenvalue weighted by Crippen LogP contribution is 2.29. The molecule has 0 spiro atoms. The van der Waals surface area contributed by atoms with Crippen LogP contribution in [0.3, 0.4) is 0 Å². The zero-order chi connectivity index (χ0) is 23.2. The summed E-state index contributed by atoms with van der Waals surface area (Å²) in [6.45, 7) is 0.398. The highest BCUT2D eigenvalue weighted by atomic mass is 16.5. The molecule has 166 valence electrons. The van der Waals surface area contributed by atoms with E-state index in [-0.39, 0.29) is 11.5 Å². The molecule has 0 aliphatic heterocycles. The predicted octanol–water partition coefficient (Wildman–Crippen LogP) is 5.04. The van der Waals surface area contributed by atoms with E-state index in [0.717, 1.165) is 16.3 Å². The number of amides is 2. The molecule has 2 N–H and O–H groups in total. The minimum Gasteiger partial charge on any atom is -0.496 e. The van der Waals surface area contributed by atoms with Crippen molar-refractivity contribution in [1.82, 2.24) is 5.32 Å². The van der Waals surface area contributed by atoms with Gasteiger partial charge in [0, 0.05) is 17.8 Å². The molecule has 0 radical (unpaired) electrons. The second-order valence-electron chi connectivity index (χ2n) is 7.39. The maximum Gasteiger partial charge on any atom is 0.263 e. The Morgan fingerprint density at radius 2 is 1.42 bits per heavy atom. The van der Waals surface area contributed by atoms with Crippen LogP contribution in [-0.2, 0) is 6.54 Å². The number of methoxy groups -OCH3 is 2. The maximum atomic E-state index is 12.9. The van der Waals surface area contributed by atoms with E-state index in [1.165, 1.54) is 14.2 Å². The van der Waals surface area contributed by atoms with Crippen LogP contribution in [0, 0.1) is 0 Å². The monoisotopic (exact) mass is 440 g/mol. The van der Waals surface area contributed by atoms with Gasteiger partial charge in [-0.3, -0.25) is 9.59 Å². The van der Waals surface area contributed by atoms with Crippen LogP contribution in [0.2, 0.25) is 0 Å². The molecule has 0 unspecified atom stereocenters. The topological polar surface area (TPSA) is 76.7 Å². The molecule has 4 rings (SSSR count). The Balaban J connectivity index is 1.49. The fourth-order valence-electron chi connectivity index (χ4n) is 3.73. The summed E-state index contributed by atoms with van der Waals surface area (Å²) in [5, 5.41) is 8.02. The summed E-state index contributed by atoms with van der Waals surface area (Å²) >= 11 is 0. The summed E-state index contributed by atoms with van der Waals surface area (Å²) in [5.74, 6) is 0.179. The molecule has 0 bridgehead atoms. The van der Waals surface area contributed by atoms with Crippen molar-refractivity contribution in [1.29, 1.82) is 0 Å². The molecular weight excluding hydrogens is 416 g/mol. The molecule has 0 fully saturated rings. The van der Waals surface area contributed by atoms with Crippen molar-refractivity contribution in [2.45, 2.75) is 6.54 Å². The number of hydrogen-bond acceptors (Lipinski definition) is 4. The molecule has 4 aromatic carbocycles. The molecule has 4 aromatic rings. The van der Waals surface area contributed by atoms with Gasteiger partial charge in [-0.05, 0) is 46.7 Å². The number of ether oxygens (including phenoxy) is 2. The number of carbonyl (C=O) groups excluding carboxylic acids is 2. The summed E-state index contributed by atoms with van der Waals surface area (Å²) in [6.07, 6.45) is 0. The zero-order valence-electron chi connectivity index (χ0n) is 18.4. The van der Waals surface area contributed by atoms with E-state index in [9.17, 15) is 9.59 Å². The number of nitrogens with one attached hydrogen (secondary N) is 2. The van der Waals surface area contributed by atoms with Crippen LogP contribution in [0.25, 0.3) is 10.8 Å². The molecule has 6 nitrogen and oxygen atoms in total. The molecule has 0 aliphatic carbocycles. The SMILES string of the molecule is COc1cccc(OC)c1C(=O)Nc1cccc(C(=O)NCc2cccc3ccccc23)c1. The van der Waals surface area contributed by atoms with Crippen LogP contribution in [0.1, 0.15) is 26.3 Å². The van der Waals surface area contributed by atoms with Gasteiger partial charge in [-0.2, -0.15) is 0 Å². The fourth-order valence-corrected chi connectivity index (χ4v) is 3.73. The van der Waals surface area contributed by atoms with Gasteiger partial charge in [-0.1, -0.05) is 54.6 Å². The highest BCUT2D eigenvalue weighted by Gasteiger charge is 2.18. The first kappa shape index (κ1) is 21.9. The van der Waals surface area contributed by atoms with Crippen LogP contribution in [0.4, 0.5) is 5.69 Å². The molecule has 0 aliphatic rings. The van der Waals surface area contributed by atoms with E-state index < -0.39 is 5.91 Å². The van der Waals surface area contributed by atoms with E-state index in [2.05, 4.69) is 10.6 Å². The van der Waals surface area contributed by atoms with Crippen molar-refractivity contribution in [3.05, 3.63) is 102 Å². The lowest BCUT2D eigenvalue weighted by Gasteiger charge is -2.13. The average molecular weight is 440 g/mol. The van der Waals surface area contributed by atoms with Crippen molar-refractivity contribution in [2.24, 2.45) is 0 Å². The number of fused-ring (bicyclic) bond motifs is 1. The standard InChI is InChI=1S/C27H24N2O4/c1-32-23-14-7-15-24(33-2)25(23)27(31)29-21-12-6-10-19(16-21)26(30)28-17-20-11-5-9-18-8-3-4-13-22(18)20/h3-16H,17H2,1-2H3,(H,28,30)(H,29,31). The summed E-state index contributed by atoms with van der Waals surface area (Å²) in [4.78, 5) is 25.7. The van der Waals surface area contributed by atoms with Gasteiger partial charge in [0.15, 0.2) is 0 Å². The highest BCUT2D eigenvalue weighted by molar-refractivity contribution is 6.08. The fraction of sp³-hybridized carbons (Fsp3) is 0.111. The van der Waals surface area contributed by atoms with Gasteiger partial charge in [0.05, 0.1) is 14.2 Å². The number of rotatable bonds is 7. The van der Waals surface area contributed by atoms with Gasteiger partial charge in [-0.15, -0.1) is 0 Å². The van der Waals surface area contributed by atoms with Gasteiger partial charge in [0.2, 0.25) is 0 Å². The van der Waals surface area contributed by atoms with Gasteiger partial charge in [0.25, 0.3) is 11.8 Å². The van der Waals surface area contributed by atoms with Gasteiger partial charge in [0.1, 0.15) is 17.1 Å². The predicted molar refractivity (Wildman–Crippen MR) is 129 cm³/mol. The lowest BCUT2D eigenvalue weighted by Crippen LogP contribution is -2.23. The first-order chi connectivity index (χ1) is 16.1. The van der Waals surface area contributed by atoms with Gasteiger partial charge < -0.3 is 20.1 Å². The molecule has 0 heterocycles. The molecule has 0 saturated heterocycles. The van der Waals surface area contributed by atoms with Crippen LogP contribution in [-0.4, -0.2) is 26.0 Å². The largest absolute Gasteiger partial charge is 0.496 e. The Morgan fingerprint density at radius 1 is 0.758 bits per heavy atom. The van der Waals surface area contributed by atoms with Crippen LogP contribution >= 0.6 is 0 Å². The van der Waals surface area contributed by atoms with Crippen molar-refractivity contribution in [3.63, 3.8) is 0 Å². The maximum absolute atomic E-state index is 12.9. The van der Waals surface area contributed by atoms with Crippen LogP contribution < -0.4 is 20.1 Å². The Morgan fingerprint density at radius 3 is 2.18 bits per heavy atom. The number of carbonyl (C=O) groups is 2. The Hall–Kier alpha value is -4.32. The molecule has 0 saturated carbocycles. The molecule has 6 heteroatoms. The van der Waals surface area contributed by atoms with Crippen molar-refractivity contribution in [2.75, 3.05) is 19.5 Å². The normalized spacial score (nSPS) is 10.5. The second-order valence-corrected chi connectivity index (χ2v) is 7.39. The Kier molecular flexibility index (Phi) is 6.55. The van der Waals surface area contributed by atoms with Gasteiger partial charge in [-0.25, -0.2) is 0 Å². The van der Waals surface area contributed by atoms with Crippen molar-refractivity contribution >= 4 is 28.3 Å². The lowest BCUT2D eigenvalue weighted by molar-refractivity contribution is 0.0949. The third-order valence-electron chi connectivity index (χ3n) is 5.36. The quantitative estimate of drug-likeness (QED) is 0.422. The molecular formula is C27H24N2O4. The molecule has 0 aromatic heterocycles. The van der Waals surface area contributed by atoms with E-state index in [4.69, 9.17) is 9.47 Å². The molecule has 33 heavy (non-hydrogen) atoms. The minimum atomic E-state index is -0.391. The Bertz CT molecular complexity index is 1290. The van der Waals surface area contributed by atoms with E-state index in [0.29, 0.717) is 29.3 Å². The van der Waals surface area contributed by atoms with E-state index in [1.807, 2.05) is 42.5 Å². The number of hydrogen-bond donors (Lipinski definition) is 2. The molecule has 2 amide bonds. The second kappa shape index (κ2) is 9.87. The van der Waals surface area contributed by atoms with E-state index >= 15 is 0 Å². The van der Waals surface area contributed by atoms with Crippen LogP contribution in [0.15, 0.2) is 84.9 Å². The van der Waals surface area contributed by atoms with Crippen molar-refractivity contribution < 1.29 is 19.1 Å². The van der Waals surface area contributed by atoms with Gasteiger partial charge >= 0.3 is 0 Å². The smallest absolute Gasteiger partial charge is 0.263 e. The van der Waals surface area contributed by atoms with E-state index in [1.54, 1.807) is 42.5 Å². The minimum absolute atomic E-state index is 0.228. The average Bonchev–Trinajstić information content (AvgIpc) is 2.86. The Labute approximate surface area is 192 Å². The number of benzene rings is 4. The first-order valence-corrected chi connectivity index (χ1v) is 10.5. The van der Waals surface area contributed by atoms with Crippen LogP contribution in [0.5, 0.6) is 11.5 Å². The number of anilines is 1. The van der Waals surface area contributed by atoms with Crippen molar-refractivity contribution in [3.8, 4) is 11.5 Å². The third-order valence-corrected chi connectivity index (χ3v) is 5.36. The summed E-state index contributed by atoms with van der Waals surface area (Å²) < 4.78 is 10.6.